The van der Waals surface area contributed by atoms with Crippen LogP contribution in [0.4, 0.5) is 10.5 Å². The molecule has 15 heavy (non-hydrogen) atoms. The molecule has 5 nitrogen and oxygen atoms in total. The quantitative estimate of drug-likeness (QED) is 0.676. The van der Waals surface area contributed by atoms with E-state index in [1.165, 1.54) is 4.90 Å². The molecule has 2 rings (SSSR count). The van der Waals surface area contributed by atoms with Gasteiger partial charge in [0.15, 0.2) is 0 Å². The number of nitrogens with zero attached hydrogens (tertiary/aromatic N) is 2. The van der Waals surface area contributed by atoms with Gasteiger partial charge in [-0.05, 0) is 24.3 Å². The molecule has 0 radical (unpaired) electrons. The van der Waals surface area contributed by atoms with Gasteiger partial charge in [0.1, 0.15) is 6.54 Å². The molecule has 0 atom stereocenters. The molecule has 74 valence electrons. The number of anilines is 1. The lowest BCUT2D eigenvalue weighted by Crippen LogP contribution is -2.27. The lowest BCUT2D eigenvalue weighted by molar-refractivity contribution is -0.117. The Bertz CT molecular complexity index is 459. The Morgan fingerprint density at radius 3 is 2.40 bits per heavy atom. The Hall–Kier alpha value is -2.35. The molecule has 1 heterocycles. The van der Waals surface area contributed by atoms with Gasteiger partial charge >= 0.3 is 6.03 Å². The standard InChI is InChI=1S/C10H7N3O2/c11-5-7-1-3-8(4-2-7)13-6-9(14)12-10(13)15/h1-4H,6H2,(H,12,14,15). The molecule has 1 aromatic rings. The largest absolute Gasteiger partial charge is 0.329 e. The van der Waals surface area contributed by atoms with E-state index in [0.29, 0.717) is 11.3 Å². The first-order valence-electron chi connectivity index (χ1n) is 4.32. The summed E-state index contributed by atoms with van der Waals surface area (Å²) < 4.78 is 0. The first-order chi connectivity index (χ1) is 7.20. The van der Waals surface area contributed by atoms with E-state index in [9.17, 15) is 9.59 Å². The molecule has 1 saturated heterocycles. The summed E-state index contributed by atoms with van der Waals surface area (Å²) in [5.41, 5.74) is 1.13. The summed E-state index contributed by atoms with van der Waals surface area (Å²) in [6.45, 7) is 0.0325. The minimum absolute atomic E-state index is 0.0325. The van der Waals surface area contributed by atoms with Crippen molar-refractivity contribution in [2.45, 2.75) is 0 Å². The van der Waals surface area contributed by atoms with Crippen LogP contribution in [0.5, 0.6) is 0 Å². The predicted molar refractivity (Wildman–Crippen MR) is 52.0 cm³/mol. The minimum Gasteiger partial charge on any atom is -0.285 e. The highest BCUT2D eigenvalue weighted by molar-refractivity contribution is 6.12. The van der Waals surface area contributed by atoms with Gasteiger partial charge in [-0.2, -0.15) is 5.26 Å². The number of nitriles is 1. The van der Waals surface area contributed by atoms with Gasteiger partial charge in [0, 0.05) is 5.69 Å². The molecule has 1 N–H and O–H groups in total. The van der Waals surface area contributed by atoms with Crippen LogP contribution < -0.4 is 10.2 Å². The molecule has 1 aliphatic heterocycles. The number of benzene rings is 1. The number of imide groups is 1. The normalized spacial score (nSPS) is 15.0. The molecule has 1 aromatic carbocycles. The third-order valence-electron chi connectivity index (χ3n) is 2.10. The van der Waals surface area contributed by atoms with Crippen molar-refractivity contribution in [2.24, 2.45) is 0 Å². The maximum absolute atomic E-state index is 11.3. The fraction of sp³-hybridized carbons (Fsp3) is 0.100. The highest BCUT2D eigenvalue weighted by Gasteiger charge is 2.27. The molecule has 0 saturated carbocycles. The Morgan fingerprint density at radius 2 is 1.93 bits per heavy atom. The zero-order chi connectivity index (χ0) is 10.8. The van der Waals surface area contributed by atoms with Gasteiger partial charge in [-0.15, -0.1) is 0 Å². The summed E-state index contributed by atoms with van der Waals surface area (Å²) in [6.07, 6.45) is 0. The number of hydrogen-bond donors (Lipinski definition) is 1. The molecule has 0 spiro atoms. The third-order valence-corrected chi connectivity index (χ3v) is 2.10. The number of carbonyl (C=O) groups excluding carboxylic acids is 2. The van der Waals surface area contributed by atoms with Crippen LogP contribution in [-0.2, 0) is 4.79 Å². The Labute approximate surface area is 85.9 Å². The number of amides is 3. The average Bonchev–Trinajstić information content (AvgIpc) is 2.58. The second-order valence-electron chi connectivity index (χ2n) is 3.10. The van der Waals surface area contributed by atoms with Crippen molar-refractivity contribution < 1.29 is 9.59 Å². The van der Waals surface area contributed by atoms with Gasteiger partial charge in [-0.3, -0.25) is 15.0 Å². The fourth-order valence-corrected chi connectivity index (χ4v) is 1.37. The number of urea groups is 1. The predicted octanol–water partition coefficient (Wildman–Crippen LogP) is 0.614. The van der Waals surface area contributed by atoms with E-state index < -0.39 is 6.03 Å². The Balaban J connectivity index is 2.27. The number of carbonyl (C=O) groups is 2. The van der Waals surface area contributed by atoms with Crippen molar-refractivity contribution >= 4 is 17.6 Å². The van der Waals surface area contributed by atoms with Crippen LogP contribution in [0.25, 0.3) is 0 Å². The van der Waals surface area contributed by atoms with Crippen LogP contribution in [0.15, 0.2) is 24.3 Å². The molecule has 3 amide bonds. The van der Waals surface area contributed by atoms with Crippen molar-refractivity contribution in [1.82, 2.24) is 5.32 Å². The van der Waals surface area contributed by atoms with E-state index in [4.69, 9.17) is 5.26 Å². The summed E-state index contributed by atoms with van der Waals surface area (Å²) in [6, 6.07) is 8.03. The Kier molecular flexibility index (Phi) is 2.10. The van der Waals surface area contributed by atoms with E-state index in [1.807, 2.05) is 6.07 Å². The number of hydrogen-bond acceptors (Lipinski definition) is 3. The minimum atomic E-state index is -0.426. The van der Waals surface area contributed by atoms with Crippen LogP contribution in [0, 0.1) is 11.3 Å². The first-order valence-corrected chi connectivity index (χ1v) is 4.32. The van der Waals surface area contributed by atoms with Crippen LogP contribution >= 0.6 is 0 Å². The van der Waals surface area contributed by atoms with Crippen molar-refractivity contribution in [1.29, 1.82) is 5.26 Å². The van der Waals surface area contributed by atoms with Gasteiger partial charge in [0.2, 0.25) is 5.91 Å². The van der Waals surface area contributed by atoms with Crippen molar-refractivity contribution in [2.75, 3.05) is 11.4 Å². The number of rotatable bonds is 1. The zero-order valence-electron chi connectivity index (χ0n) is 7.73. The highest BCUT2D eigenvalue weighted by Crippen LogP contribution is 2.16. The van der Waals surface area contributed by atoms with Crippen LogP contribution in [-0.4, -0.2) is 18.5 Å². The van der Waals surface area contributed by atoms with E-state index in [2.05, 4.69) is 5.32 Å². The SMILES string of the molecule is N#Cc1ccc(N2CC(=O)NC2=O)cc1. The summed E-state index contributed by atoms with van der Waals surface area (Å²) in [4.78, 5) is 23.5. The van der Waals surface area contributed by atoms with Crippen molar-refractivity contribution in [3.8, 4) is 6.07 Å². The van der Waals surface area contributed by atoms with Crippen molar-refractivity contribution in [3.63, 3.8) is 0 Å². The molecule has 0 bridgehead atoms. The van der Waals surface area contributed by atoms with Crippen LogP contribution in [0.3, 0.4) is 0 Å². The monoisotopic (exact) mass is 201 g/mol. The van der Waals surface area contributed by atoms with Gasteiger partial charge in [-0.1, -0.05) is 0 Å². The van der Waals surface area contributed by atoms with Gasteiger partial charge < -0.3 is 0 Å². The molecule has 0 aliphatic carbocycles. The summed E-state index contributed by atoms with van der Waals surface area (Å²) in [5.74, 6) is -0.315. The topological polar surface area (TPSA) is 73.2 Å². The van der Waals surface area contributed by atoms with E-state index >= 15 is 0 Å². The van der Waals surface area contributed by atoms with E-state index in [1.54, 1.807) is 24.3 Å². The fourth-order valence-electron chi connectivity index (χ4n) is 1.37. The second-order valence-corrected chi connectivity index (χ2v) is 3.10. The molecule has 1 fully saturated rings. The average molecular weight is 201 g/mol. The summed E-state index contributed by atoms with van der Waals surface area (Å²) in [7, 11) is 0. The lowest BCUT2D eigenvalue weighted by Gasteiger charge is -2.12. The van der Waals surface area contributed by atoms with E-state index in [0.717, 1.165) is 0 Å². The second kappa shape index (κ2) is 3.42. The number of nitrogens with one attached hydrogen (secondary N) is 1. The molecule has 0 unspecified atom stereocenters. The summed E-state index contributed by atoms with van der Waals surface area (Å²) >= 11 is 0. The molecule has 0 aromatic heterocycles. The highest BCUT2D eigenvalue weighted by atomic mass is 16.2. The van der Waals surface area contributed by atoms with Crippen LogP contribution in [0.1, 0.15) is 5.56 Å². The first kappa shape index (κ1) is 9.21. The van der Waals surface area contributed by atoms with Gasteiger partial charge in [-0.25, -0.2) is 4.79 Å². The van der Waals surface area contributed by atoms with Gasteiger partial charge in [0.25, 0.3) is 0 Å². The Morgan fingerprint density at radius 1 is 1.27 bits per heavy atom. The van der Waals surface area contributed by atoms with Crippen LogP contribution in [0.2, 0.25) is 0 Å². The molecular weight excluding hydrogens is 194 g/mol. The molecule has 1 aliphatic rings. The summed E-state index contributed by atoms with van der Waals surface area (Å²) in [5, 5.41) is 10.8. The molecule has 5 heteroatoms. The maximum atomic E-state index is 11.3. The zero-order valence-corrected chi connectivity index (χ0v) is 7.73. The lowest BCUT2D eigenvalue weighted by atomic mass is 10.2. The van der Waals surface area contributed by atoms with Crippen molar-refractivity contribution in [3.05, 3.63) is 29.8 Å². The molecular formula is C10H7N3O2. The van der Waals surface area contributed by atoms with Gasteiger partial charge in [0.05, 0.1) is 11.6 Å². The van der Waals surface area contributed by atoms with E-state index in [-0.39, 0.29) is 12.5 Å². The third kappa shape index (κ3) is 1.65. The maximum Gasteiger partial charge on any atom is 0.329 e. The smallest absolute Gasteiger partial charge is 0.285 e.